The van der Waals surface area contributed by atoms with Crippen molar-refractivity contribution in [2.24, 2.45) is 4.99 Å². The molecule has 0 aliphatic carbocycles. The maximum Gasteiger partial charge on any atom is 0.318 e. The van der Waals surface area contributed by atoms with Crippen LogP contribution in [0.1, 0.15) is 0 Å². The number of hydrogen-bond acceptors (Lipinski definition) is 3. The molecule has 0 N–H and O–H groups in total. The third-order valence-corrected chi connectivity index (χ3v) is 2.50. The first-order valence-electron chi connectivity index (χ1n) is 4.78. The zero-order chi connectivity index (χ0) is 11.1. The van der Waals surface area contributed by atoms with Crippen molar-refractivity contribution in [2.45, 2.75) is 0 Å². The summed E-state index contributed by atoms with van der Waals surface area (Å²) < 4.78 is 0. The summed E-state index contributed by atoms with van der Waals surface area (Å²) in [5.41, 5.74) is 0.764. The summed E-state index contributed by atoms with van der Waals surface area (Å²) >= 11 is 0. The van der Waals surface area contributed by atoms with Crippen LogP contribution in [-0.4, -0.2) is 16.7 Å². The van der Waals surface area contributed by atoms with Gasteiger partial charge in [-0.1, -0.05) is 6.07 Å². The van der Waals surface area contributed by atoms with Crippen molar-refractivity contribution in [1.82, 2.24) is 4.98 Å². The molecule has 1 aliphatic heterocycles. The van der Waals surface area contributed by atoms with Crippen LogP contribution in [0.3, 0.4) is 0 Å². The number of rotatable bonds is 0. The van der Waals surface area contributed by atoms with E-state index in [1.807, 2.05) is 12.1 Å². The van der Waals surface area contributed by atoms with E-state index in [2.05, 4.69) is 9.98 Å². The normalized spacial score (nSPS) is 13.4. The predicted octanol–water partition coefficient (Wildman–Crippen LogP) is -0.258. The van der Waals surface area contributed by atoms with Crippen LogP contribution in [0.25, 0.3) is 17.0 Å². The van der Waals surface area contributed by atoms with Crippen LogP contribution in [0.2, 0.25) is 0 Å². The van der Waals surface area contributed by atoms with Gasteiger partial charge < -0.3 is 0 Å². The summed E-state index contributed by atoms with van der Waals surface area (Å²) in [6, 6.07) is 7.17. The molecule has 3 rings (SSSR count). The van der Waals surface area contributed by atoms with E-state index in [1.54, 1.807) is 18.3 Å². The van der Waals surface area contributed by atoms with E-state index in [0.717, 1.165) is 10.9 Å². The van der Waals surface area contributed by atoms with Gasteiger partial charge in [0.1, 0.15) is 0 Å². The third kappa shape index (κ3) is 1.83. The Kier molecular flexibility index (Phi) is 2.95. The second kappa shape index (κ2) is 4.27. The van der Waals surface area contributed by atoms with Crippen molar-refractivity contribution in [2.75, 3.05) is 0 Å². The molecule has 0 saturated carbocycles. The molecule has 0 fully saturated rings. The maximum absolute atomic E-state index is 11.2. The van der Waals surface area contributed by atoms with Gasteiger partial charge in [-0.05, 0) is 18.2 Å². The van der Waals surface area contributed by atoms with Crippen molar-refractivity contribution in [3.8, 4) is 0 Å². The van der Waals surface area contributed by atoms with Crippen molar-refractivity contribution in [1.29, 1.82) is 0 Å². The Hall–Kier alpha value is -1.72. The first-order chi connectivity index (χ1) is 7.75. The molecule has 0 atom stereocenters. The van der Waals surface area contributed by atoms with Gasteiger partial charge in [0, 0.05) is 42.7 Å². The van der Waals surface area contributed by atoms with E-state index in [-0.39, 0.29) is 19.8 Å². The van der Waals surface area contributed by atoms with Crippen LogP contribution in [0.15, 0.2) is 35.5 Å². The van der Waals surface area contributed by atoms with Crippen LogP contribution < -0.4 is 10.6 Å². The van der Waals surface area contributed by atoms with Crippen LogP contribution >= 0.6 is 0 Å². The van der Waals surface area contributed by atoms with Gasteiger partial charge in [0.05, 0.1) is 10.9 Å². The van der Waals surface area contributed by atoms with Crippen LogP contribution in [0.5, 0.6) is 0 Å². The summed E-state index contributed by atoms with van der Waals surface area (Å²) in [7, 11) is 0. The number of Topliss-reactive ketones (excluding diaryl/α,β-unsaturated/α-hetero) is 1. The molecule has 2 aromatic rings. The molecular formula is C12H6N2O2Os. The molecule has 1 amide bonds. The number of benzene rings is 1. The smallest absolute Gasteiger partial charge is 0.284 e. The molecule has 4 nitrogen and oxygen atoms in total. The Balaban J connectivity index is 0.00000108. The number of fused-ring (bicyclic) bond motifs is 3. The zero-order valence-electron chi connectivity index (χ0n) is 8.53. The number of pyridine rings is 1. The molecule has 84 valence electrons. The molecule has 2 heterocycles. The minimum Gasteiger partial charge on any atom is -0.284 e. The van der Waals surface area contributed by atoms with Crippen LogP contribution in [0.4, 0.5) is 0 Å². The fourth-order valence-corrected chi connectivity index (χ4v) is 1.75. The maximum atomic E-state index is 11.2. The quantitative estimate of drug-likeness (QED) is 0.573. The van der Waals surface area contributed by atoms with E-state index in [9.17, 15) is 9.59 Å². The number of carbonyl (C=O) groups excluding carboxylic acids is 2. The second-order valence-corrected chi connectivity index (χ2v) is 3.50. The molecule has 1 aromatic heterocycles. The monoisotopic (exact) mass is 402 g/mol. The number of hydrogen-bond donors (Lipinski definition) is 0. The van der Waals surface area contributed by atoms with Crippen molar-refractivity contribution in [3.63, 3.8) is 0 Å². The van der Waals surface area contributed by atoms with Gasteiger partial charge in [-0.15, -0.1) is 0 Å². The second-order valence-electron chi connectivity index (χ2n) is 3.50. The van der Waals surface area contributed by atoms with E-state index >= 15 is 0 Å². The van der Waals surface area contributed by atoms with Crippen LogP contribution in [-0.2, 0) is 29.4 Å². The van der Waals surface area contributed by atoms with Gasteiger partial charge in [0.25, 0.3) is 0 Å². The predicted molar refractivity (Wildman–Crippen MR) is 57.0 cm³/mol. The fraction of sp³-hybridized carbons (Fsp3) is 0. The average molecular weight is 400 g/mol. The van der Waals surface area contributed by atoms with E-state index in [4.69, 9.17) is 0 Å². The molecule has 5 heteroatoms. The van der Waals surface area contributed by atoms with Crippen molar-refractivity contribution < 1.29 is 29.4 Å². The molecule has 1 aromatic carbocycles. The summed E-state index contributed by atoms with van der Waals surface area (Å²) in [5.74, 6) is -1.29. The Labute approximate surface area is 109 Å². The molecule has 0 radical (unpaired) electrons. The van der Waals surface area contributed by atoms with Gasteiger partial charge in [0.15, 0.2) is 0 Å². The summed E-state index contributed by atoms with van der Waals surface area (Å²) in [6.07, 6.45) is 2.99. The first kappa shape index (κ1) is 11.8. The van der Waals surface area contributed by atoms with E-state index in [0.29, 0.717) is 10.6 Å². The van der Waals surface area contributed by atoms with Crippen molar-refractivity contribution in [3.05, 3.63) is 41.0 Å². The Morgan fingerprint density at radius 2 is 1.88 bits per heavy atom. The molecule has 0 spiro atoms. The van der Waals surface area contributed by atoms with E-state index in [1.165, 1.54) is 6.08 Å². The summed E-state index contributed by atoms with van der Waals surface area (Å²) in [6.45, 7) is 0. The Bertz CT molecular complexity index is 753. The fourth-order valence-electron chi connectivity index (χ4n) is 1.75. The number of ketones is 1. The number of amides is 1. The number of aromatic nitrogens is 1. The number of carbonyl (C=O) groups is 2. The average Bonchev–Trinajstić information content (AvgIpc) is 2.31. The standard InChI is InChI=1S/C12H6N2O2.Os/c15-10-6-7-3-4-9-8(2-1-5-13-9)11(7)14-12(10)16;/h1-6H;. The minimum atomic E-state index is -0.719. The van der Waals surface area contributed by atoms with Crippen molar-refractivity contribution >= 4 is 28.7 Å². The Morgan fingerprint density at radius 1 is 1.06 bits per heavy atom. The largest absolute Gasteiger partial charge is 0.318 e. The van der Waals surface area contributed by atoms with Crippen LogP contribution in [0, 0.1) is 0 Å². The molecule has 1 aliphatic rings. The van der Waals surface area contributed by atoms with Gasteiger partial charge in [-0.25, -0.2) is 4.99 Å². The minimum absolute atomic E-state index is 0. The molecular weight excluding hydrogens is 394 g/mol. The molecule has 0 bridgehead atoms. The molecule has 0 unspecified atom stereocenters. The first-order valence-corrected chi connectivity index (χ1v) is 4.78. The number of nitrogens with zero attached hydrogens (tertiary/aromatic N) is 2. The topological polar surface area (TPSA) is 59.4 Å². The van der Waals surface area contributed by atoms with Gasteiger partial charge in [-0.3, -0.25) is 14.6 Å². The van der Waals surface area contributed by atoms with Gasteiger partial charge in [0.2, 0.25) is 5.78 Å². The van der Waals surface area contributed by atoms with Gasteiger partial charge >= 0.3 is 5.91 Å². The summed E-state index contributed by atoms with van der Waals surface area (Å²) in [5, 5.41) is 2.00. The Morgan fingerprint density at radius 3 is 2.71 bits per heavy atom. The molecule has 17 heavy (non-hydrogen) atoms. The third-order valence-electron chi connectivity index (χ3n) is 2.50. The zero-order valence-corrected chi connectivity index (χ0v) is 11.1. The van der Waals surface area contributed by atoms with Gasteiger partial charge in [-0.2, -0.15) is 0 Å². The molecule has 0 saturated heterocycles. The summed E-state index contributed by atoms with van der Waals surface area (Å²) in [4.78, 5) is 30.4. The SMILES string of the molecule is O=C1C=c2ccc3ncccc3c2=NC1=O.[Os]. The van der Waals surface area contributed by atoms with E-state index < -0.39 is 11.7 Å².